The predicted molar refractivity (Wildman–Crippen MR) is 64.2 cm³/mol. The van der Waals surface area contributed by atoms with Gasteiger partial charge in [0.05, 0.1) is 6.61 Å². The quantitative estimate of drug-likeness (QED) is 0.523. The maximum absolute atomic E-state index is 11.5. The number of dihydropyridines is 1. The first-order valence-corrected chi connectivity index (χ1v) is 5.69. The third kappa shape index (κ3) is 1.77. The van der Waals surface area contributed by atoms with Gasteiger partial charge in [-0.3, -0.25) is 4.79 Å². The molecule has 100 valence electrons. The summed E-state index contributed by atoms with van der Waals surface area (Å²) in [5.41, 5.74) is 0.750. The molecule has 3 rings (SSSR count). The van der Waals surface area contributed by atoms with Crippen LogP contribution in [-0.2, 0) is 9.53 Å². The Balaban J connectivity index is 1.97. The van der Waals surface area contributed by atoms with Gasteiger partial charge >= 0.3 is 0 Å². The van der Waals surface area contributed by atoms with Crippen LogP contribution < -0.4 is 0 Å². The summed E-state index contributed by atoms with van der Waals surface area (Å²) >= 11 is 0. The minimum absolute atomic E-state index is 0.0928. The topological polar surface area (TPSA) is 124 Å². The highest BCUT2D eigenvalue weighted by molar-refractivity contribution is 6.50. The third-order valence-corrected chi connectivity index (χ3v) is 3.24. The molecule has 1 saturated heterocycles. The highest BCUT2D eigenvalue weighted by atomic mass is 16.6. The molecule has 0 radical (unpaired) electrons. The lowest BCUT2D eigenvalue weighted by Crippen LogP contribution is -2.35. The number of carbonyl (C=O) groups excluding carboxylic acids is 1. The zero-order valence-electron chi connectivity index (χ0n) is 9.67. The number of hydrogen-bond donors (Lipinski definition) is 3. The van der Waals surface area contributed by atoms with Crippen molar-refractivity contribution in [2.24, 2.45) is 15.0 Å². The van der Waals surface area contributed by atoms with Crippen molar-refractivity contribution < 1.29 is 24.9 Å². The Hall–Kier alpha value is -1.74. The van der Waals surface area contributed by atoms with Crippen LogP contribution in [0.25, 0.3) is 0 Å². The molecule has 3 N–H and O–H groups in total. The number of aliphatic hydroxyl groups is 3. The molecule has 0 saturated carbocycles. The van der Waals surface area contributed by atoms with Gasteiger partial charge in [-0.25, -0.2) is 15.0 Å². The van der Waals surface area contributed by atoms with E-state index in [9.17, 15) is 15.0 Å². The van der Waals surface area contributed by atoms with Crippen molar-refractivity contribution in [3.8, 4) is 0 Å². The fourth-order valence-electron chi connectivity index (χ4n) is 2.25. The van der Waals surface area contributed by atoms with Crippen molar-refractivity contribution in [1.82, 2.24) is 0 Å². The summed E-state index contributed by atoms with van der Waals surface area (Å²) < 4.78 is 5.38. The first-order chi connectivity index (χ1) is 9.13. The zero-order valence-corrected chi connectivity index (χ0v) is 9.67. The first kappa shape index (κ1) is 12.3. The van der Waals surface area contributed by atoms with E-state index in [0.717, 1.165) is 0 Å². The van der Waals surface area contributed by atoms with Crippen LogP contribution in [-0.4, -0.2) is 70.5 Å². The molecule has 3 aliphatic heterocycles. The van der Waals surface area contributed by atoms with E-state index in [0.29, 0.717) is 5.57 Å². The van der Waals surface area contributed by atoms with Crippen LogP contribution >= 0.6 is 0 Å². The third-order valence-electron chi connectivity index (χ3n) is 3.24. The molecule has 8 heteroatoms. The molecule has 3 heterocycles. The standard InChI is InChI=1S/C11H11N3O5/c15-2-5-8(16)9(17)10(19-5)4-1-12-11(18)7-6(4)13-3-14-7/h1,3,5,8-10,15-17H,2H2/t5-,8-,9-,10?/m1/s1. The molecular weight excluding hydrogens is 254 g/mol. The number of nitrogens with zero attached hydrogens (tertiary/aromatic N) is 3. The molecule has 19 heavy (non-hydrogen) atoms. The zero-order chi connectivity index (χ0) is 13.6. The van der Waals surface area contributed by atoms with Crippen molar-refractivity contribution >= 4 is 24.2 Å². The average molecular weight is 265 g/mol. The van der Waals surface area contributed by atoms with E-state index in [-0.39, 0.29) is 11.4 Å². The Morgan fingerprint density at radius 2 is 2.05 bits per heavy atom. The van der Waals surface area contributed by atoms with Gasteiger partial charge in [-0.05, 0) is 0 Å². The largest absolute Gasteiger partial charge is 0.394 e. The molecule has 0 aromatic heterocycles. The summed E-state index contributed by atoms with van der Waals surface area (Å²) in [4.78, 5) is 22.9. The average Bonchev–Trinajstić information content (AvgIpc) is 2.99. The molecule has 0 aromatic carbocycles. The van der Waals surface area contributed by atoms with E-state index in [1.165, 1.54) is 12.6 Å². The first-order valence-electron chi connectivity index (χ1n) is 5.69. The molecule has 4 atom stereocenters. The Bertz CT molecular complexity index is 551. The number of ether oxygens (including phenoxy) is 1. The van der Waals surface area contributed by atoms with Gasteiger partial charge in [0, 0.05) is 11.8 Å². The van der Waals surface area contributed by atoms with Crippen LogP contribution in [0.1, 0.15) is 0 Å². The summed E-state index contributed by atoms with van der Waals surface area (Å²) in [5.74, 6) is -0.511. The smallest absolute Gasteiger partial charge is 0.297 e. The normalized spacial score (nSPS) is 37.0. The minimum Gasteiger partial charge on any atom is -0.394 e. The van der Waals surface area contributed by atoms with Gasteiger partial charge < -0.3 is 20.1 Å². The van der Waals surface area contributed by atoms with Crippen LogP contribution in [0.2, 0.25) is 0 Å². The van der Waals surface area contributed by atoms with Gasteiger partial charge in [-0.2, -0.15) is 0 Å². The fraction of sp³-hybridized carbons (Fsp3) is 0.455. The summed E-state index contributed by atoms with van der Waals surface area (Å²) in [6.45, 7) is -0.419. The van der Waals surface area contributed by atoms with Gasteiger partial charge in [0.2, 0.25) is 0 Å². The maximum atomic E-state index is 11.5. The second-order valence-electron chi connectivity index (χ2n) is 4.35. The second-order valence-corrected chi connectivity index (χ2v) is 4.35. The van der Waals surface area contributed by atoms with Crippen molar-refractivity contribution in [3.63, 3.8) is 0 Å². The van der Waals surface area contributed by atoms with Crippen molar-refractivity contribution in [2.45, 2.75) is 24.4 Å². The summed E-state index contributed by atoms with van der Waals surface area (Å²) in [7, 11) is 0. The molecule has 3 aliphatic rings. The molecule has 0 aromatic rings. The van der Waals surface area contributed by atoms with E-state index >= 15 is 0 Å². The maximum Gasteiger partial charge on any atom is 0.297 e. The molecule has 1 fully saturated rings. The second kappa shape index (κ2) is 4.42. The highest BCUT2D eigenvalue weighted by Crippen LogP contribution is 2.30. The molecule has 0 bridgehead atoms. The van der Waals surface area contributed by atoms with E-state index < -0.39 is 36.9 Å². The Morgan fingerprint density at radius 1 is 1.26 bits per heavy atom. The molecule has 0 spiro atoms. The van der Waals surface area contributed by atoms with E-state index in [1.807, 2.05) is 0 Å². The molecule has 8 nitrogen and oxygen atoms in total. The van der Waals surface area contributed by atoms with E-state index in [4.69, 9.17) is 9.84 Å². The number of aliphatic imine (C=N–C) groups is 3. The lowest BCUT2D eigenvalue weighted by atomic mass is 9.97. The van der Waals surface area contributed by atoms with Gasteiger partial charge in [-0.1, -0.05) is 0 Å². The van der Waals surface area contributed by atoms with Crippen LogP contribution in [0.4, 0.5) is 0 Å². The number of aliphatic hydroxyl groups excluding tert-OH is 3. The van der Waals surface area contributed by atoms with E-state index in [1.54, 1.807) is 0 Å². The van der Waals surface area contributed by atoms with Gasteiger partial charge in [0.15, 0.2) is 5.71 Å². The molecule has 1 unspecified atom stereocenters. The van der Waals surface area contributed by atoms with Crippen molar-refractivity contribution in [3.05, 3.63) is 11.3 Å². The van der Waals surface area contributed by atoms with Crippen molar-refractivity contribution in [2.75, 3.05) is 6.61 Å². The van der Waals surface area contributed by atoms with Crippen LogP contribution in [0.5, 0.6) is 0 Å². The van der Waals surface area contributed by atoms with E-state index in [2.05, 4.69) is 15.0 Å². The number of hydrogen-bond acceptors (Lipinski definition) is 7. The van der Waals surface area contributed by atoms with Crippen LogP contribution in [0.3, 0.4) is 0 Å². The summed E-state index contributed by atoms with van der Waals surface area (Å²) in [6, 6.07) is 0. The highest BCUT2D eigenvalue weighted by Gasteiger charge is 2.45. The fourth-order valence-corrected chi connectivity index (χ4v) is 2.25. The Kier molecular flexibility index (Phi) is 2.86. The number of rotatable bonds is 2. The monoisotopic (exact) mass is 265 g/mol. The number of carbonyl (C=O) groups is 1. The lowest BCUT2D eigenvalue weighted by molar-refractivity contribution is -0.111. The van der Waals surface area contributed by atoms with Gasteiger partial charge in [-0.15, -0.1) is 0 Å². The number of fused-ring (bicyclic) bond motifs is 1. The van der Waals surface area contributed by atoms with Gasteiger partial charge in [0.1, 0.15) is 36.5 Å². The summed E-state index contributed by atoms with van der Waals surface area (Å²) in [5, 5.41) is 28.7. The van der Waals surface area contributed by atoms with Crippen LogP contribution in [0.15, 0.2) is 26.2 Å². The predicted octanol–water partition coefficient (Wildman–Crippen LogP) is -2.18. The molecule has 0 aliphatic carbocycles. The Labute approximate surface area is 107 Å². The molecule has 1 amide bonds. The lowest BCUT2D eigenvalue weighted by Gasteiger charge is -2.19. The minimum atomic E-state index is -1.23. The summed E-state index contributed by atoms with van der Waals surface area (Å²) in [6.07, 6.45) is -1.75. The Morgan fingerprint density at radius 3 is 2.74 bits per heavy atom. The molecular formula is C11H11N3O5. The number of amides is 1. The van der Waals surface area contributed by atoms with Crippen molar-refractivity contribution in [1.29, 1.82) is 0 Å². The SMILES string of the molecule is O=C1N=CC(C2O[C@H](CO)[C@@H](O)[C@H]2O)=C2N=CN=C12. The van der Waals surface area contributed by atoms with Crippen LogP contribution in [0, 0.1) is 0 Å². The van der Waals surface area contributed by atoms with Gasteiger partial charge in [0.25, 0.3) is 5.91 Å².